The Kier molecular flexibility index (Phi) is 5.91. The first-order chi connectivity index (χ1) is 25.3. The van der Waals surface area contributed by atoms with E-state index in [1.807, 2.05) is 12.1 Å². The first kappa shape index (κ1) is 28.2. The molecule has 2 aliphatic carbocycles. The van der Waals surface area contributed by atoms with E-state index in [1.54, 1.807) is 0 Å². The van der Waals surface area contributed by atoms with E-state index in [1.165, 1.54) is 66.1 Å². The minimum atomic E-state index is -0.437. The second-order valence-electron chi connectivity index (χ2n) is 13.7. The lowest BCUT2D eigenvalue weighted by atomic mass is 9.69. The topological polar surface area (TPSA) is 25.8 Å². The molecule has 51 heavy (non-hydrogen) atoms. The maximum Gasteiger partial charge on any atom is 0.160 e. The highest BCUT2D eigenvalue weighted by Crippen LogP contribution is 2.64. The van der Waals surface area contributed by atoms with Gasteiger partial charge in [0, 0.05) is 16.7 Å². The second kappa shape index (κ2) is 10.7. The Labute approximate surface area is 296 Å². The predicted octanol–water partition coefficient (Wildman–Crippen LogP) is 12.1. The van der Waals surface area contributed by atoms with Gasteiger partial charge in [-0.2, -0.15) is 0 Å². The molecule has 2 heteroatoms. The van der Waals surface area contributed by atoms with Crippen LogP contribution in [0.5, 0.6) is 0 Å². The van der Waals surface area contributed by atoms with Crippen molar-refractivity contribution in [2.45, 2.75) is 5.41 Å². The molecule has 2 aliphatic rings. The van der Waals surface area contributed by atoms with Crippen LogP contribution >= 0.6 is 0 Å². The van der Waals surface area contributed by atoms with Crippen LogP contribution in [-0.2, 0) is 5.41 Å². The highest BCUT2D eigenvalue weighted by Gasteiger charge is 2.52. The number of aromatic nitrogens is 2. The standard InChI is InChI=1S/C49H30N2/c1-3-14-32(15-4-1)45-30-46(33-16-5-2-6-17-33)51-48(50-45)35-24-23-34-28-41-40-26-25-31-13-7-8-18-37(31)47(40)49(44(41)29-36(34)27-35)42-21-11-9-19-38(42)39-20-10-12-22-43(39)49/h1-30H. The molecule has 1 spiro atoms. The number of hydrogen-bond donors (Lipinski definition) is 0. The van der Waals surface area contributed by atoms with Crippen LogP contribution in [-0.4, -0.2) is 9.97 Å². The summed E-state index contributed by atoms with van der Waals surface area (Å²) in [6, 6.07) is 66.1. The third kappa shape index (κ3) is 3.99. The first-order valence-electron chi connectivity index (χ1n) is 17.6. The number of fused-ring (bicyclic) bond motifs is 13. The van der Waals surface area contributed by atoms with Gasteiger partial charge in [-0.05, 0) is 90.3 Å². The zero-order valence-electron chi connectivity index (χ0n) is 27.7. The smallest absolute Gasteiger partial charge is 0.160 e. The number of hydrogen-bond acceptors (Lipinski definition) is 2. The Balaban J connectivity index is 1.18. The van der Waals surface area contributed by atoms with Crippen molar-refractivity contribution >= 4 is 21.5 Å². The summed E-state index contributed by atoms with van der Waals surface area (Å²) in [5.74, 6) is 0.721. The van der Waals surface area contributed by atoms with Crippen LogP contribution < -0.4 is 0 Å². The summed E-state index contributed by atoms with van der Waals surface area (Å²) in [7, 11) is 0. The van der Waals surface area contributed by atoms with Crippen LogP contribution in [0.25, 0.3) is 77.7 Å². The molecule has 0 fully saturated rings. The lowest BCUT2D eigenvalue weighted by Crippen LogP contribution is -2.26. The van der Waals surface area contributed by atoms with Gasteiger partial charge in [-0.15, -0.1) is 0 Å². The Morgan fingerprint density at radius 3 is 1.61 bits per heavy atom. The van der Waals surface area contributed by atoms with Gasteiger partial charge >= 0.3 is 0 Å². The van der Waals surface area contributed by atoms with Crippen molar-refractivity contribution in [1.82, 2.24) is 9.97 Å². The number of benzene rings is 8. The molecule has 9 aromatic rings. The average Bonchev–Trinajstić information content (AvgIpc) is 3.67. The predicted molar refractivity (Wildman–Crippen MR) is 210 cm³/mol. The summed E-state index contributed by atoms with van der Waals surface area (Å²) in [6.07, 6.45) is 0. The highest BCUT2D eigenvalue weighted by atomic mass is 14.9. The fourth-order valence-electron chi connectivity index (χ4n) is 8.89. The molecule has 0 bridgehead atoms. The summed E-state index contributed by atoms with van der Waals surface area (Å²) < 4.78 is 0. The summed E-state index contributed by atoms with van der Waals surface area (Å²) in [5, 5.41) is 4.96. The van der Waals surface area contributed by atoms with Gasteiger partial charge in [0.1, 0.15) is 0 Å². The Hall–Kier alpha value is -6.64. The Morgan fingerprint density at radius 2 is 0.922 bits per heavy atom. The van der Waals surface area contributed by atoms with E-state index in [-0.39, 0.29) is 0 Å². The largest absolute Gasteiger partial charge is 0.228 e. The zero-order valence-corrected chi connectivity index (χ0v) is 27.7. The fourth-order valence-corrected chi connectivity index (χ4v) is 8.89. The van der Waals surface area contributed by atoms with Crippen LogP contribution in [0.15, 0.2) is 182 Å². The summed E-state index contributed by atoms with van der Waals surface area (Å²) >= 11 is 0. The van der Waals surface area contributed by atoms with E-state index in [9.17, 15) is 0 Å². The molecule has 0 unspecified atom stereocenters. The van der Waals surface area contributed by atoms with Gasteiger partial charge in [-0.3, -0.25) is 0 Å². The molecule has 0 radical (unpaired) electrons. The average molecular weight is 647 g/mol. The van der Waals surface area contributed by atoms with E-state index in [2.05, 4.69) is 170 Å². The van der Waals surface area contributed by atoms with Gasteiger partial charge < -0.3 is 0 Å². The van der Waals surface area contributed by atoms with Gasteiger partial charge in [0.2, 0.25) is 0 Å². The van der Waals surface area contributed by atoms with Crippen LogP contribution in [0, 0.1) is 0 Å². The number of nitrogens with zero attached hydrogens (tertiary/aromatic N) is 2. The second-order valence-corrected chi connectivity index (χ2v) is 13.7. The van der Waals surface area contributed by atoms with Gasteiger partial charge in [0.05, 0.1) is 16.8 Å². The van der Waals surface area contributed by atoms with Crippen LogP contribution in [0.4, 0.5) is 0 Å². The minimum absolute atomic E-state index is 0.437. The molecule has 1 heterocycles. The van der Waals surface area contributed by atoms with Crippen LogP contribution in [0.2, 0.25) is 0 Å². The summed E-state index contributed by atoms with van der Waals surface area (Å²) in [5.41, 5.74) is 15.2. The van der Waals surface area contributed by atoms with Crippen molar-refractivity contribution < 1.29 is 0 Å². The van der Waals surface area contributed by atoms with Crippen molar-refractivity contribution in [2.75, 3.05) is 0 Å². The third-order valence-electron chi connectivity index (χ3n) is 11.1. The van der Waals surface area contributed by atoms with E-state index in [0.29, 0.717) is 0 Å². The van der Waals surface area contributed by atoms with Gasteiger partial charge in [0.25, 0.3) is 0 Å². The lowest BCUT2D eigenvalue weighted by Gasteiger charge is -2.31. The van der Waals surface area contributed by atoms with E-state index in [4.69, 9.17) is 9.97 Å². The molecular weight excluding hydrogens is 617 g/mol. The molecule has 236 valence electrons. The number of rotatable bonds is 3. The van der Waals surface area contributed by atoms with Gasteiger partial charge in [-0.1, -0.05) is 158 Å². The molecule has 0 atom stereocenters. The fraction of sp³-hybridized carbons (Fsp3) is 0.0204. The monoisotopic (exact) mass is 646 g/mol. The van der Waals surface area contributed by atoms with Crippen LogP contribution in [0.1, 0.15) is 22.3 Å². The van der Waals surface area contributed by atoms with E-state index in [0.717, 1.165) is 33.9 Å². The SMILES string of the molecule is c1ccc(-c2cc(-c3ccccc3)nc(-c3ccc4cc5c(cc4c3)C3(c4ccccc4-c4ccccc43)c3c-5ccc4ccccc34)n2)cc1. The van der Waals surface area contributed by atoms with Crippen LogP contribution in [0.3, 0.4) is 0 Å². The van der Waals surface area contributed by atoms with Crippen molar-refractivity contribution in [3.8, 4) is 56.2 Å². The van der Waals surface area contributed by atoms with Gasteiger partial charge in [-0.25, -0.2) is 9.97 Å². The molecule has 8 aromatic carbocycles. The molecule has 0 aliphatic heterocycles. The normalized spacial score (nSPS) is 13.3. The zero-order chi connectivity index (χ0) is 33.5. The Morgan fingerprint density at radius 1 is 0.333 bits per heavy atom. The first-order valence-corrected chi connectivity index (χ1v) is 17.6. The molecule has 2 nitrogen and oxygen atoms in total. The highest BCUT2D eigenvalue weighted by molar-refractivity contribution is 6.06. The summed E-state index contributed by atoms with van der Waals surface area (Å²) in [4.78, 5) is 10.3. The van der Waals surface area contributed by atoms with Gasteiger partial charge in [0.15, 0.2) is 5.82 Å². The Bertz CT molecular complexity index is 2750. The molecule has 0 N–H and O–H groups in total. The van der Waals surface area contributed by atoms with Crippen molar-refractivity contribution in [3.05, 3.63) is 204 Å². The quantitative estimate of drug-likeness (QED) is 0.191. The maximum absolute atomic E-state index is 5.16. The molecule has 0 saturated heterocycles. The van der Waals surface area contributed by atoms with E-state index >= 15 is 0 Å². The van der Waals surface area contributed by atoms with E-state index < -0.39 is 5.41 Å². The summed E-state index contributed by atoms with van der Waals surface area (Å²) in [6.45, 7) is 0. The molecule has 0 amide bonds. The van der Waals surface area contributed by atoms with Crippen molar-refractivity contribution in [3.63, 3.8) is 0 Å². The third-order valence-corrected chi connectivity index (χ3v) is 11.1. The lowest BCUT2D eigenvalue weighted by molar-refractivity contribution is 0.802. The molecule has 11 rings (SSSR count). The molecule has 0 saturated carbocycles. The minimum Gasteiger partial charge on any atom is -0.228 e. The molecule has 1 aromatic heterocycles. The van der Waals surface area contributed by atoms with Crippen molar-refractivity contribution in [2.24, 2.45) is 0 Å². The maximum atomic E-state index is 5.16. The van der Waals surface area contributed by atoms with Crippen molar-refractivity contribution in [1.29, 1.82) is 0 Å². The molecular formula is C49H30N2.